The van der Waals surface area contributed by atoms with E-state index < -0.39 is 17.4 Å². The number of aromatic nitrogens is 3. The number of H-pyrrole nitrogens is 1. The summed E-state index contributed by atoms with van der Waals surface area (Å²) in [5.41, 5.74) is 1.39. The Morgan fingerprint density at radius 1 is 1.25 bits per heavy atom. The predicted octanol–water partition coefficient (Wildman–Crippen LogP) is 3.07. The third kappa shape index (κ3) is 3.90. The molecular weight excluding hydrogens is 478 g/mol. The van der Waals surface area contributed by atoms with Crippen molar-refractivity contribution in [1.82, 2.24) is 25.2 Å². The highest BCUT2D eigenvalue weighted by atomic mass is 32.1. The highest BCUT2D eigenvalue weighted by Crippen LogP contribution is 2.42. The van der Waals surface area contributed by atoms with E-state index in [-0.39, 0.29) is 0 Å². The first-order valence-electron chi connectivity index (χ1n) is 12.3. The minimum atomic E-state index is -1.16. The maximum Gasteiger partial charge on any atom is 0.329 e. The second-order valence-electron chi connectivity index (χ2n) is 10.2. The summed E-state index contributed by atoms with van der Waals surface area (Å²) < 4.78 is 0. The van der Waals surface area contributed by atoms with E-state index in [4.69, 9.17) is 5.26 Å². The predicted molar refractivity (Wildman–Crippen MR) is 135 cm³/mol. The Morgan fingerprint density at radius 3 is 2.69 bits per heavy atom. The molecule has 10 nitrogen and oxygen atoms in total. The van der Waals surface area contributed by atoms with Gasteiger partial charge in [-0.1, -0.05) is 0 Å². The first kappa shape index (κ1) is 22.9. The molecule has 186 valence electrons. The molecule has 3 aliphatic rings. The third-order valence-corrected chi connectivity index (χ3v) is 9.01. The second kappa shape index (κ2) is 8.87. The van der Waals surface area contributed by atoms with Gasteiger partial charge < -0.3 is 20.7 Å². The van der Waals surface area contributed by atoms with Gasteiger partial charge in [-0.3, -0.25) is 9.69 Å². The highest BCUT2D eigenvalue weighted by molar-refractivity contribution is 7.17. The maximum atomic E-state index is 12.9. The van der Waals surface area contributed by atoms with Gasteiger partial charge in [0.25, 0.3) is 5.91 Å². The van der Waals surface area contributed by atoms with Crippen LogP contribution in [0.3, 0.4) is 0 Å². The van der Waals surface area contributed by atoms with Crippen LogP contribution >= 0.6 is 11.3 Å². The summed E-state index contributed by atoms with van der Waals surface area (Å²) in [6.45, 7) is 2.45. The summed E-state index contributed by atoms with van der Waals surface area (Å²) in [7, 11) is 0. The Bertz CT molecular complexity index is 1360. The standard InChI is InChI=1S/C25H27N7O3S/c26-5-7-32-12-14-8-16(9-15(14)13-32)30-20-17-2-6-27-21(17)28-10-18(20)23-29-11-19(36-23)22(33)31-25(24(34)35)3-1-4-25/h2,6,10-11,14-16H,1,3-4,7-9,12-13H2,(H,31,33)(H,34,35)(H2,27,28,30)/t14-,15+,16?. The number of carboxylic acid groups (broad SMARTS) is 1. The Morgan fingerprint density at radius 2 is 2.03 bits per heavy atom. The average molecular weight is 506 g/mol. The fourth-order valence-electron chi connectivity index (χ4n) is 5.98. The molecule has 36 heavy (non-hydrogen) atoms. The number of carbonyl (C=O) groups excluding carboxylic acids is 1. The van der Waals surface area contributed by atoms with Gasteiger partial charge in [0, 0.05) is 36.9 Å². The first-order valence-corrected chi connectivity index (χ1v) is 13.1. The van der Waals surface area contributed by atoms with Crippen molar-refractivity contribution in [3.05, 3.63) is 29.5 Å². The molecule has 0 spiro atoms. The molecule has 4 N–H and O–H groups in total. The number of hydrogen-bond acceptors (Lipinski definition) is 8. The van der Waals surface area contributed by atoms with Crippen molar-refractivity contribution < 1.29 is 14.7 Å². The number of carbonyl (C=O) groups is 2. The number of fused-ring (bicyclic) bond motifs is 2. The lowest BCUT2D eigenvalue weighted by atomic mass is 9.77. The number of nitrogens with zero attached hydrogens (tertiary/aromatic N) is 4. The zero-order chi connectivity index (χ0) is 24.9. The van der Waals surface area contributed by atoms with Crippen molar-refractivity contribution >= 4 is 39.9 Å². The molecule has 2 aliphatic carbocycles. The van der Waals surface area contributed by atoms with Gasteiger partial charge in [0.2, 0.25) is 0 Å². The summed E-state index contributed by atoms with van der Waals surface area (Å²) in [5.74, 6) is -0.216. The number of anilines is 1. The van der Waals surface area contributed by atoms with Crippen LogP contribution in [-0.4, -0.2) is 68.0 Å². The van der Waals surface area contributed by atoms with Crippen molar-refractivity contribution in [2.24, 2.45) is 11.8 Å². The van der Waals surface area contributed by atoms with Crippen LogP contribution in [-0.2, 0) is 4.79 Å². The summed E-state index contributed by atoms with van der Waals surface area (Å²) in [4.78, 5) is 39.4. The number of aliphatic carboxylic acids is 1. The molecule has 3 aromatic heterocycles. The van der Waals surface area contributed by atoms with Gasteiger partial charge in [-0.25, -0.2) is 14.8 Å². The lowest BCUT2D eigenvalue weighted by Crippen LogP contribution is -2.59. The smallest absolute Gasteiger partial charge is 0.329 e. The number of rotatable bonds is 7. The SMILES string of the molecule is N#CCN1C[C@H]2CC(Nc3c(-c4ncc(C(=O)NC5(C(=O)O)CCC5)s4)cnc4[nH]ccc34)C[C@H]2C1. The molecule has 1 saturated heterocycles. The van der Waals surface area contributed by atoms with Crippen molar-refractivity contribution in [2.45, 2.75) is 43.7 Å². The highest BCUT2D eigenvalue weighted by Gasteiger charge is 2.46. The summed E-state index contributed by atoms with van der Waals surface area (Å²) in [6.07, 6.45) is 8.91. The summed E-state index contributed by atoms with van der Waals surface area (Å²) in [6, 6.07) is 4.56. The molecule has 1 amide bonds. The number of hydrogen-bond donors (Lipinski definition) is 4. The molecule has 4 heterocycles. The van der Waals surface area contributed by atoms with Gasteiger partial charge in [0.15, 0.2) is 0 Å². The van der Waals surface area contributed by atoms with E-state index in [9.17, 15) is 14.7 Å². The van der Waals surface area contributed by atoms with Gasteiger partial charge in [0.05, 0.1) is 30.1 Å². The molecule has 0 radical (unpaired) electrons. The van der Waals surface area contributed by atoms with Crippen LogP contribution in [0.2, 0.25) is 0 Å². The molecule has 6 rings (SSSR count). The zero-order valence-corrected chi connectivity index (χ0v) is 20.5. The van der Waals surface area contributed by atoms with Crippen molar-refractivity contribution in [1.29, 1.82) is 5.26 Å². The molecule has 2 saturated carbocycles. The Kier molecular flexibility index (Phi) is 5.65. The van der Waals surface area contributed by atoms with E-state index in [1.54, 1.807) is 6.20 Å². The third-order valence-electron chi connectivity index (χ3n) is 7.99. The number of amides is 1. The molecule has 0 aromatic carbocycles. The number of nitriles is 1. The number of thiazole rings is 1. The van der Waals surface area contributed by atoms with Crippen LogP contribution in [0.15, 0.2) is 24.7 Å². The minimum absolute atomic E-state index is 0.306. The van der Waals surface area contributed by atoms with Crippen LogP contribution < -0.4 is 10.6 Å². The van der Waals surface area contributed by atoms with Crippen LogP contribution in [0.25, 0.3) is 21.6 Å². The Balaban J connectivity index is 1.24. The van der Waals surface area contributed by atoms with Gasteiger partial charge >= 0.3 is 5.97 Å². The molecule has 3 aromatic rings. The number of carboxylic acids is 1. The van der Waals surface area contributed by atoms with Gasteiger partial charge in [-0.05, 0) is 50.0 Å². The average Bonchev–Trinajstić information content (AvgIpc) is 3.59. The van der Waals surface area contributed by atoms with Crippen LogP contribution in [0.1, 0.15) is 41.8 Å². The molecule has 0 bridgehead atoms. The molecule has 1 unspecified atom stereocenters. The summed E-state index contributed by atoms with van der Waals surface area (Å²) in [5, 5.41) is 26.7. The quantitative estimate of drug-likeness (QED) is 0.358. The van der Waals surface area contributed by atoms with Crippen LogP contribution in [0.4, 0.5) is 5.69 Å². The molecular formula is C25H27N7O3S. The second-order valence-corrected chi connectivity index (χ2v) is 11.2. The number of nitrogens with one attached hydrogen (secondary N) is 3. The van der Waals surface area contributed by atoms with E-state index in [0.29, 0.717) is 47.1 Å². The first-order chi connectivity index (χ1) is 17.5. The van der Waals surface area contributed by atoms with Gasteiger partial charge in [0.1, 0.15) is 21.1 Å². The van der Waals surface area contributed by atoms with Crippen LogP contribution in [0.5, 0.6) is 0 Å². The van der Waals surface area contributed by atoms with E-state index in [2.05, 4.69) is 36.6 Å². The number of pyridine rings is 1. The van der Waals surface area contributed by atoms with Crippen molar-refractivity contribution in [3.63, 3.8) is 0 Å². The monoisotopic (exact) mass is 505 g/mol. The van der Waals surface area contributed by atoms with Gasteiger partial charge in [-0.15, -0.1) is 11.3 Å². The fraction of sp³-hybridized carbons (Fsp3) is 0.480. The zero-order valence-electron chi connectivity index (χ0n) is 19.7. The Hall–Kier alpha value is -3.49. The largest absolute Gasteiger partial charge is 0.480 e. The lowest BCUT2D eigenvalue weighted by Gasteiger charge is -2.37. The summed E-state index contributed by atoms with van der Waals surface area (Å²) >= 11 is 1.24. The normalized spacial score (nSPS) is 24.7. The van der Waals surface area contributed by atoms with Crippen LogP contribution in [0, 0.1) is 23.2 Å². The minimum Gasteiger partial charge on any atom is -0.480 e. The number of likely N-dealkylation sites (tertiary alicyclic amines) is 1. The lowest BCUT2D eigenvalue weighted by molar-refractivity contribution is -0.148. The molecule has 3 fully saturated rings. The van der Waals surface area contributed by atoms with E-state index in [1.165, 1.54) is 17.5 Å². The fourth-order valence-corrected chi connectivity index (χ4v) is 6.81. The van der Waals surface area contributed by atoms with Gasteiger partial charge in [-0.2, -0.15) is 5.26 Å². The Labute approximate surface area is 211 Å². The van der Waals surface area contributed by atoms with Crippen molar-refractivity contribution in [2.75, 3.05) is 25.0 Å². The topological polar surface area (TPSA) is 147 Å². The van der Waals surface area contributed by atoms with E-state index in [1.807, 2.05) is 12.3 Å². The molecule has 1 aliphatic heterocycles. The van der Waals surface area contributed by atoms with Crippen molar-refractivity contribution in [3.8, 4) is 16.6 Å². The maximum absolute atomic E-state index is 12.9. The van der Waals surface area contributed by atoms with E-state index >= 15 is 0 Å². The number of aromatic amines is 1. The molecule has 11 heteroatoms. The molecule has 3 atom stereocenters. The van der Waals surface area contributed by atoms with E-state index in [0.717, 1.165) is 54.6 Å².